The van der Waals surface area contributed by atoms with Gasteiger partial charge in [-0.2, -0.15) is 23.1 Å². The zero-order valence-corrected chi connectivity index (χ0v) is 13.4. The molecule has 0 aliphatic carbocycles. The van der Waals surface area contributed by atoms with Crippen LogP contribution < -0.4 is 0 Å². The van der Waals surface area contributed by atoms with E-state index in [1.54, 1.807) is 11.6 Å². The summed E-state index contributed by atoms with van der Waals surface area (Å²) in [5.74, 6) is -1.07. The molecule has 0 saturated carbocycles. The lowest BCUT2D eigenvalue weighted by molar-refractivity contribution is -0.137. The van der Waals surface area contributed by atoms with Gasteiger partial charge in [-0.05, 0) is 30.3 Å². The summed E-state index contributed by atoms with van der Waals surface area (Å²) in [6.45, 7) is 0. The molecule has 25 heavy (non-hydrogen) atoms. The van der Waals surface area contributed by atoms with E-state index in [0.29, 0.717) is 27.1 Å². The van der Waals surface area contributed by atoms with Crippen LogP contribution in [0.1, 0.15) is 15.2 Å². The summed E-state index contributed by atoms with van der Waals surface area (Å²) in [6, 6.07) is 6.09. The van der Waals surface area contributed by atoms with Gasteiger partial charge in [-0.1, -0.05) is 0 Å². The lowest BCUT2D eigenvalue weighted by Crippen LogP contribution is -2.05. The first kappa shape index (κ1) is 15.6. The summed E-state index contributed by atoms with van der Waals surface area (Å²) in [5.41, 5.74) is 1.21. The van der Waals surface area contributed by atoms with Crippen molar-refractivity contribution >= 4 is 38.7 Å². The first-order chi connectivity index (χ1) is 11.8. The molecular weight excluding hydrogens is 357 g/mol. The largest absolute Gasteiger partial charge is 0.477 e. The first-order valence-corrected chi connectivity index (χ1v) is 7.83. The van der Waals surface area contributed by atoms with E-state index in [1.165, 1.54) is 23.0 Å². The van der Waals surface area contributed by atoms with Crippen molar-refractivity contribution < 1.29 is 23.1 Å². The van der Waals surface area contributed by atoms with Gasteiger partial charge >= 0.3 is 12.1 Å². The molecule has 0 atom stereocenters. The van der Waals surface area contributed by atoms with Crippen molar-refractivity contribution in [2.24, 2.45) is 7.05 Å². The highest BCUT2D eigenvalue weighted by Crippen LogP contribution is 2.36. The molecule has 10 heteroatoms. The van der Waals surface area contributed by atoms with Crippen LogP contribution in [0.4, 0.5) is 13.2 Å². The Morgan fingerprint density at radius 3 is 2.48 bits per heavy atom. The van der Waals surface area contributed by atoms with Gasteiger partial charge in [0.05, 0.1) is 15.8 Å². The monoisotopic (exact) mass is 366 g/mol. The van der Waals surface area contributed by atoms with E-state index in [-0.39, 0.29) is 4.88 Å². The van der Waals surface area contributed by atoms with Gasteiger partial charge in [0.1, 0.15) is 10.4 Å². The van der Waals surface area contributed by atoms with Crippen molar-refractivity contribution in [2.45, 2.75) is 6.18 Å². The normalized spacial score (nSPS) is 12.3. The third-order valence-corrected chi connectivity index (χ3v) is 4.86. The summed E-state index contributed by atoms with van der Waals surface area (Å²) < 4.78 is 40.5. The third kappa shape index (κ3) is 2.37. The molecule has 0 saturated heterocycles. The van der Waals surface area contributed by atoms with E-state index in [2.05, 4.69) is 10.2 Å². The number of hydrogen-bond acceptors (Lipinski definition) is 4. The number of carboxylic acids is 1. The molecule has 1 aromatic carbocycles. The molecule has 0 radical (unpaired) electrons. The first-order valence-electron chi connectivity index (χ1n) is 7.02. The number of halogens is 3. The lowest BCUT2D eigenvalue weighted by Gasteiger charge is -2.09. The smallest absolute Gasteiger partial charge is 0.416 e. The second-order valence-corrected chi connectivity index (χ2v) is 6.42. The predicted molar refractivity (Wildman–Crippen MR) is 85.2 cm³/mol. The van der Waals surface area contributed by atoms with E-state index in [4.69, 9.17) is 0 Å². The SMILES string of the molecule is Cn1nc2c3sc(C(=O)O)cc3n(-c3ccc(C(F)(F)F)cc3)c2n1. The summed E-state index contributed by atoms with van der Waals surface area (Å²) in [4.78, 5) is 12.7. The molecule has 0 unspecified atom stereocenters. The zero-order valence-electron chi connectivity index (χ0n) is 12.6. The number of aromatic nitrogens is 4. The van der Waals surface area contributed by atoms with Gasteiger partial charge in [0.15, 0.2) is 5.65 Å². The Balaban J connectivity index is 1.99. The van der Waals surface area contributed by atoms with Crippen molar-refractivity contribution in [2.75, 3.05) is 0 Å². The van der Waals surface area contributed by atoms with Crippen LogP contribution in [0.2, 0.25) is 0 Å². The van der Waals surface area contributed by atoms with Crippen LogP contribution in [0.25, 0.3) is 27.1 Å². The molecule has 128 valence electrons. The number of carboxylic acid groups (broad SMARTS) is 1. The molecular formula is C15H9F3N4O2S. The fourth-order valence-electron chi connectivity index (χ4n) is 2.69. The number of hydrogen-bond donors (Lipinski definition) is 1. The molecule has 1 N–H and O–H groups in total. The van der Waals surface area contributed by atoms with E-state index >= 15 is 0 Å². The van der Waals surface area contributed by atoms with E-state index < -0.39 is 17.7 Å². The molecule has 3 heterocycles. The molecule has 0 aliphatic heterocycles. The maximum Gasteiger partial charge on any atom is 0.416 e. The van der Waals surface area contributed by atoms with Gasteiger partial charge < -0.3 is 5.11 Å². The van der Waals surface area contributed by atoms with Crippen molar-refractivity contribution in [3.8, 4) is 5.69 Å². The minimum Gasteiger partial charge on any atom is -0.477 e. The number of thiophene rings is 1. The second-order valence-electron chi connectivity index (χ2n) is 5.37. The Morgan fingerprint density at radius 2 is 1.88 bits per heavy atom. The Labute approximate surface area is 141 Å². The van der Waals surface area contributed by atoms with Crippen molar-refractivity contribution in [1.82, 2.24) is 19.6 Å². The molecule has 4 aromatic rings. The van der Waals surface area contributed by atoms with Gasteiger partial charge in [-0.25, -0.2) is 4.79 Å². The molecule has 0 fully saturated rings. The average molecular weight is 366 g/mol. The van der Waals surface area contributed by atoms with Crippen LogP contribution in [0.15, 0.2) is 30.3 Å². The van der Waals surface area contributed by atoms with Crippen LogP contribution in [0.5, 0.6) is 0 Å². The van der Waals surface area contributed by atoms with E-state index in [1.807, 2.05) is 0 Å². The number of rotatable bonds is 2. The molecule has 4 rings (SSSR count). The number of fused-ring (bicyclic) bond motifs is 3. The van der Waals surface area contributed by atoms with Crippen molar-refractivity contribution in [3.05, 3.63) is 40.8 Å². The Morgan fingerprint density at radius 1 is 1.20 bits per heavy atom. The van der Waals surface area contributed by atoms with Crippen LogP contribution in [-0.2, 0) is 13.2 Å². The minimum absolute atomic E-state index is 0.123. The highest BCUT2D eigenvalue weighted by molar-refractivity contribution is 7.21. The lowest BCUT2D eigenvalue weighted by atomic mass is 10.2. The maximum absolute atomic E-state index is 12.8. The highest BCUT2D eigenvalue weighted by Gasteiger charge is 2.30. The van der Waals surface area contributed by atoms with Gasteiger partial charge in [-0.15, -0.1) is 16.4 Å². The van der Waals surface area contributed by atoms with E-state index in [0.717, 1.165) is 23.5 Å². The Bertz CT molecular complexity index is 1120. The Hall–Kier alpha value is -2.88. The van der Waals surface area contributed by atoms with Crippen LogP contribution >= 0.6 is 11.3 Å². The third-order valence-electron chi connectivity index (χ3n) is 3.74. The van der Waals surface area contributed by atoms with Gasteiger partial charge in [0.2, 0.25) is 0 Å². The van der Waals surface area contributed by atoms with Gasteiger partial charge in [-0.3, -0.25) is 4.57 Å². The summed E-state index contributed by atoms with van der Waals surface area (Å²) in [6.07, 6.45) is -4.43. The van der Waals surface area contributed by atoms with Crippen LogP contribution in [0.3, 0.4) is 0 Å². The molecule has 0 aliphatic rings. The molecule has 6 nitrogen and oxygen atoms in total. The standard InChI is InChI=1S/C15H9F3N4O2S/c1-21-19-11-12-9(6-10(25-12)14(23)24)22(13(11)20-21)8-4-2-7(3-5-8)15(16,17)18/h2-6H,1H3,(H,23,24). The summed E-state index contributed by atoms with van der Waals surface area (Å²) >= 11 is 1.05. The Kier molecular flexibility index (Phi) is 3.16. The summed E-state index contributed by atoms with van der Waals surface area (Å²) in [5, 5.41) is 17.7. The summed E-state index contributed by atoms with van der Waals surface area (Å²) in [7, 11) is 1.62. The topological polar surface area (TPSA) is 72.9 Å². The fourth-order valence-corrected chi connectivity index (χ4v) is 3.65. The van der Waals surface area contributed by atoms with Crippen LogP contribution in [-0.4, -0.2) is 30.6 Å². The predicted octanol–water partition coefficient (Wildman–Crippen LogP) is 3.69. The number of aromatic carboxylic acids is 1. The second kappa shape index (κ2) is 5.06. The number of benzene rings is 1. The van der Waals surface area contributed by atoms with Crippen LogP contribution in [0, 0.1) is 0 Å². The quantitative estimate of drug-likeness (QED) is 0.587. The van der Waals surface area contributed by atoms with Crippen molar-refractivity contribution in [3.63, 3.8) is 0 Å². The number of aryl methyl sites for hydroxylation is 1. The average Bonchev–Trinajstić information content (AvgIpc) is 3.16. The van der Waals surface area contributed by atoms with E-state index in [9.17, 15) is 23.1 Å². The molecule has 3 aromatic heterocycles. The van der Waals surface area contributed by atoms with Crippen molar-refractivity contribution in [1.29, 1.82) is 0 Å². The minimum atomic E-state index is -4.43. The molecule has 0 bridgehead atoms. The number of alkyl halides is 3. The molecule has 0 amide bonds. The van der Waals surface area contributed by atoms with Gasteiger partial charge in [0.25, 0.3) is 0 Å². The number of nitrogens with zero attached hydrogens (tertiary/aromatic N) is 4. The highest BCUT2D eigenvalue weighted by atomic mass is 32.1. The van der Waals surface area contributed by atoms with Gasteiger partial charge in [0, 0.05) is 12.7 Å². The maximum atomic E-state index is 12.8. The fraction of sp³-hybridized carbons (Fsp3) is 0.133. The molecule has 0 spiro atoms. The number of carbonyl (C=O) groups is 1. The zero-order chi connectivity index (χ0) is 17.9.